The first-order valence-electron chi connectivity index (χ1n) is 8.18. The second kappa shape index (κ2) is 6.18. The van der Waals surface area contributed by atoms with E-state index in [0.717, 1.165) is 31.6 Å². The lowest BCUT2D eigenvalue weighted by atomic mass is 9.81. The number of esters is 1. The molecular weight excluding hydrogens is 294 g/mol. The summed E-state index contributed by atoms with van der Waals surface area (Å²) < 4.78 is 5.06. The van der Waals surface area contributed by atoms with Gasteiger partial charge in [-0.3, -0.25) is 9.59 Å². The highest BCUT2D eigenvalue weighted by Gasteiger charge is 2.55. The van der Waals surface area contributed by atoms with Gasteiger partial charge >= 0.3 is 5.97 Å². The second-order valence-electron chi connectivity index (χ2n) is 6.38. The van der Waals surface area contributed by atoms with E-state index in [4.69, 9.17) is 4.74 Å². The van der Waals surface area contributed by atoms with E-state index in [1.807, 2.05) is 13.0 Å². The maximum Gasteiger partial charge on any atom is 0.313 e. The van der Waals surface area contributed by atoms with Gasteiger partial charge < -0.3 is 15.0 Å². The third kappa shape index (κ3) is 2.66. The largest absolute Gasteiger partial charge is 0.469 e. The normalized spacial score (nSPS) is 26.0. The topological polar surface area (TPSA) is 71.5 Å². The molecule has 1 aromatic heterocycles. The minimum atomic E-state index is -0.380. The van der Waals surface area contributed by atoms with E-state index < -0.39 is 0 Å². The smallest absolute Gasteiger partial charge is 0.313 e. The van der Waals surface area contributed by atoms with E-state index in [-0.39, 0.29) is 17.3 Å². The number of carbonyl (C=O) groups is 2. The number of methoxy groups -OCH3 is 1. The van der Waals surface area contributed by atoms with Crippen molar-refractivity contribution in [2.24, 2.45) is 11.3 Å². The molecule has 2 heterocycles. The van der Waals surface area contributed by atoms with Crippen molar-refractivity contribution in [3.8, 4) is 0 Å². The van der Waals surface area contributed by atoms with Crippen molar-refractivity contribution in [2.75, 3.05) is 31.6 Å². The minimum Gasteiger partial charge on any atom is -0.469 e. The Morgan fingerprint density at radius 2 is 2.30 bits per heavy atom. The molecule has 1 aromatic rings. The fraction of sp³-hybridized carbons (Fsp3) is 0.588. The zero-order chi connectivity index (χ0) is 16.4. The number of carbonyl (C=O) groups excluding carboxylic acids is 2. The van der Waals surface area contributed by atoms with Gasteiger partial charge in [0.2, 0.25) is 0 Å². The zero-order valence-electron chi connectivity index (χ0n) is 13.7. The molecule has 1 N–H and O–H groups in total. The molecule has 0 bridgehead atoms. The van der Waals surface area contributed by atoms with E-state index in [0.29, 0.717) is 24.6 Å². The van der Waals surface area contributed by atoms with E-state index in [1.165, 1.54) is 7.11 Å². The summed E-state index contributed by atoms with van der Waals surface area (Å²) in [5.74, 6) is 0.938. The van der Waals surface area contributed by atoms with E-state index in [2.05, 4.69) is 15.2 Å². The summed E-state index contributed by atoms with van der Waals surface area (Å²) in [7, 11) is 1.47. The van der Waals surface area contributed by atoms with Crippen LogP contribution in [-0.4, -0.2) is 43.6 Å². The highest BCUT2D eigenvalue weighted by atomic mass is 16.5. The maximum atomic E-state index is 12.3. The Bertz CT molecular complexity index is 602. The van der Waals surface area contributed by atoms with Crippen LogP contribution in [0.1, 0.15) is 36.5 Å². The Kier molecular flexibility index (Phi) is 4.24. The third-order valence-corrected chi connectivity index (χ3v) is 5.13. The molecular formula is C17H23N3O3. The van der Waals surface area contributed by atoms with Gasteiger partial charge in [0.1, 0.15) is 5.82 Å². The van der Waals surface area contributed by atoms with Gasteiger partial charge in [-0.2, -0.15) is 0 Å². The van der Waals surface area contributed by atoms with Crippen LogP contribution >= 0.6 is 0 Å². The molecule has 0 spiro atoms. The summed E-state index contributed by atoms with van der Waals surface area (Å²) in [6, 6.07) is 3.64. The molecule has 23 heavy (non-hydrogen) atoms. The molecule has 1 amide bonds. The molecule has 1 saturated heterocycles. The van der Waals surface area contributed by atoms with Crippen molar-refractivity contribution in [1.82, 2.24) is 10.3 Å². The van der Waals surface area contributed by atoms with Crippen molar-refractivity contribution >= 4 is 17.7 Å². The Morgan fingerprint density at radius 3 is 2.96 bits per heavy atom. The van der Waals surface area contributed by atoms with Crippen molar-refractivity contribution in [1.29, 1.82) is 0 Å². The van der Waals surface area contributed by atoms with Crippen molar-refractivity contribution in [3.05, 3.63) is 23.9 Å². The quantitative estimate of drug-likeness (QED) is 0.854. The number of anilines is 1. The maximum absolute atomic E-state index is 12.3. The summed E-state index contributed by atoms with van der Waals surface area (Å²) in [4.78, 5) is 30.6. The van der Waals surface area contributed by atoms with E-state index in [1.54, 1.807) is 12.3 Å². The van der Waals surface area contributed by atoms with Crippen molar-refractivity contribution in [2.45, 2.75) is 26.2 Å². The Balaban J connectivity index is 1.76. The summed E-state index contributed by atoms with van der Waals surface area (Å²) in [6.07, 6.45) is 4.62. The molecule has 3 rings (SSSR count). The molecule has 1 aliphatic heterocycles. The predicted octanol–water partition coefficient (Wildman–Crippen LogP) is 1.61. The number of fused-ring (bicyclic) bond motifs is 1. The molecule has 2 atom stereocenters. The van der Waals surface area contributed by atoms with Crippen LogP contribution in [0.3, 0.4) is 0 Å². The fourth-order valence-corrected chi connectivity index (χ4v) is 3.97. The number of nitrogens with zero attached hydrogens (tertiary/aromatic N) is 2. The van der Waals surface area contributed by atoms with Gasteiger partial charge in [0, 0.05) is 25.8 Å². The van der Waals surface area contributed by atoms with Crippen LogP contribution in [0, 0.1) is 11.3 Å². The van der Waals surface area contributed by atoms with Gasteiger partial charge in [-0.15, -0.1) is 0 Å². The van der Waals surface area contributed by atoms with Crippen LogP contribution in [0.25, 0.3) is 0 Å². The number of amides is 1. The predicted molar refractivity (Wildman–Crippen MR) is 86.2 cm³/mol. The zero-order valence-corrected chi connectivity index (χ0v) is 13.7. The molecule has 2 aliphatic rings. The van der Waals surface area contributed by atoms with Crippen LogP contribution in [-0.2, 0) is 9.53 Å². The second-order valence-corrected chi connectivity index (χ2v) is 6.38. The number of hydrogen-bond acceptors (Lipinski definition) is 5. The standard InChI is InChI=1S/C17H23N3O3/c1-3-18-15(21)12-6-7-14(19-9-12)20-10-13-5-4-8-17(13,11-20)16(22)23-2/h6-7,9,13H,3-5,8,10-11H2,1-2H3,(H,18,21). The van der Waals surface area contributed by atoms with Gasteiger partial charge in [0.25, 0.3) is 5.91 Å². The Hall–Kier alpha value is -2.11. The first-order chi connectivity index (χ1) is 11.1. The molecule has 0 radical (unpaired) electrons. The molecule has 6 nitrogen and oxygen atoms in total. The third-order valence-electron chi connectivity index (χ3n) is 5.13. The minimum absolute atomic E-state index is 0.0959. The molecule has 124 valence electrons. The molecule has 0 aromatic carbocycles. The lowest BCUT2D eigenvalue weighted by Gasteiger charge is -2.25. The van der Waals surface area contributed by atoms with E-state index >= 15 is 0 Å². The average Bonchev–Trinajstić information content (AvgIpc) is 3.12. The SMILES string of the molecule is CCNC(=O)c1ccc(N2CC3CCCC3(C(=O)OC)C2)nc1. The first kappa shape index (κ1) is 15.8. The van der Waals surface area contributed by atoms with Crippen LogP contribution < -0.4 is 10.2 Å². The number of nitrogens with one attached hydrogen (secondary N) is 1. The lowest BCUT2D eigenvalue weighted by molar-refractivity contribution is -0.152. The first-order valence-corrected chi connectivity index (χ1v) is 8.18. The van der Waals surface area contributed by atoms with Gasteiger partial charge in [0.05, 0.1) is 18.1 Å². The van der Waals surface area contributed by atoms with Crippen LogP contribution in [0.15, 0.2) is 18.3 Å². The van der Waals surface area contributed by atoms with Crippen molar-refractivity contribution < 1.29 is 14.3 Å². The Labute approximate surface area is 136 Å². The molecule has 2 unspecified atom stereocenters. The highest BCUT2D eigenvalue weighted by Crippen LogP contribution is 2.50. The van der Waals surface area contributed by atoms with Crippen LogP contribution in [0.2, 0.25) is 0 Å². The van der Waals surface area contributed by atoms with E-state index in [9.17, 15) is 9.59 Å². The average molecular weight is 317 g/mol. The summed E-state index contributed by atoms with van der Waals surface area (Å²) in [5.41, 5.74) is 0.173. The van der Waals surface area contributed by atoms with Gasteiger partial charge in [-0.1, -0.05) is 6.42 Å². The fourth-order valence-electron chi connectivity index (χ4n) is 3.97. The van der Waals surface area contributed by atoms with Crippen LogP contribution in [0.5, 0.6) is 0 Å². The molecule has 1 aliphatic carbocycles. The Morgan fingerprint density at radius 1 is 1.48 bits per heavy atom. The highest BCUT2D eigenvalue weighted by molar-refractivity contribution is 5.94. The number of rotatable bonds is 4. The number of ether oxygens (including phenoxy) is 1. The monoisotopic (exact) mass is 317 g/mol. The lowest BCUT2D eigenvalue weighted by Crippen LogP contribution is -2.37. The summed E-state index contributed by atoms with van der Waals surface area (Å²) in [5, 5.41) is 2.76. The van der Waals surface area contributed by atoms with Crippen LogP contribution in [0.4, 0.5) is 5.82 Å². The number of pyridine rings is 1. The molecule has 1 saturated carbocycles. The summed E-state index contributed by atoms with van der Waals surface area (Å²) in [6.45, 7) is 3.95. The van der Waals surface area contributed by atoms with Crippen molar-refractivity contribution in [3.63, 3.8) is 0 Å². The number of hydrogen-bond donors (Lipinski definition) is 1. The molecule has 6 heteroatoms. The molecule has 2 fully saturated rings. The summed E-state index contributed by atoms with van der Waals surface area (Å²) >= 11 is 0. The van der Waals surface area contributed by atoms with Gasteiger partial charge in [-0.25, -0.2) is 4.98 Å². The van der Waals surface area contributed by atoms with Gasteiger partial charge in [0.15, 0.2) is 0 Å². The number of aromatic nitrogens is 1. The van der Waals surface area contributed by atoms with Gasteiger partial charge in [-0.05, 0) is 37.8 Å².